The highest BCUT2D eigenvalue weighted by atomic mass is 31.1. The first-order valence-electron chi connectivity index (χ1n) is 9.04. The topological polar surface area (TPSA) is 72.5 Å². The van der Waals surface area contributed by atoms with Crippen molar-refractivity contribution >= 4 is 8.25 Å². The van der Waals surface area contributed by atoms with Crippen LogP contribution in [-0.4, -0.2) is 52.2 Å². The number of hydrogen-bond acceptors (Lipinski definition) is 7. The Balaban J connectivity index is 1.34. The third-order valence-electron chi connectivity index (χ3n) is 3.85. The highest BCUT2D eigenvalue weighted by molar-refractivity contribution is 7.33. The summed E-state index contributed by atoms with van der Waals surface area (Å²) in [5.74, 6) is 0. The summed E-state index contributed by atoms with van der Waals surface area (Å²) in [5, 5.41) is 0. The second-order valence-electron chi connectivity index (χ2n) is 5.93. The van der Waals surface area contributed by atoms with Crippen molar-refractivity contribution in [1.29, 1.82) is 0 Å². The van der Waals surface area contributed by atoms with Crippen LogP contribution in [0.5, 0.6) is 0 Å². The SMILES string of the molecule is O=[P+](OCCCOC1CCCCO1)OCCCOC1CCCCO1. The van der Waals surface area contributed by atoms with Crippen LogP contribution in [0.15, 0.2) is 0 Å². The lowest BCUT2D eigenvalue weighted by atomic mass is 10.2. The van der Waals surface area contributed by atoms with E-state index in [0.717, 1.165) is 51.7 Å². The van der Waals surface area contributed by atoms with E-state index in [0.29, 0.717) is 39.3 Å². The van der Waals surface area contributed by atoms with Gasteiger partial charge in [0.25, 0.3) is 0 Å². The first-order valence-corrected chi connectivity index (χ1v) is 10.1. The molecule has 8 heteroatoms. The van der Waals surface area contributed by atoms with E-state index in [1.807, 2.05) is 0 Å². The van der Waals surface area contributed by atoms with Crippen molar-refractivity contribution in [3.05, 3.63) is 0 Å². The van der Waals surface area contributed by atoms with Gasteiger partial charge < -0.3 is 18.9 Å². The van der Waals surface area contributed by atoms with Gasteiger partial charge in [-0.15, -0.1) is 9.05 Å². The van der Waals surface area contributed by atoms with Crippen LogP contribution in [-0.2, 0) is 32.6 Å². The summed E-state index contributed by atoms with van der Waals surface area (Å²) in [4.78, 5) is 0. The summed E-state index contributed by atoms with van der Waals surface area (Å²) in [5.41, 5.74) is 0. The zero-order valence-corrected chi connectivity index (χ0v) is 15.3. The minimum Gasteiger partial charge on any atom is -0.353 e. The monoisotopic (exact) mass is 365 g/mol. The molecule has 140 valence electrons. The van der Waals surface area contributed by atoms with Crippen molar-refractivity contribution in [3.8, 4) is 0 Å². The maximum absolute atomic E-state index is 11.5. The summed E-state index contributed by atoms with van der Waals surface area (Å²) in [6.45, 7) is 3.35. The van der Waals surface area contributed by atoms with Gasteiger partial charge in [0.05, 0.1) is 13.2 Å². The molecule has 24 heavy (non-hydrogen) atoms. The summed E-state index contributed by atoms with van der Waals surface area (Å²) >= 11 is 0. The molecule has 0 radical (unpaired) electrons. The molecule has 2 heterocycles. The molecular weight excluding hydrogens is 335 g/mol. The van der Waals surface area contributed by atoms with Gasteiger partial charge in [-0.25, -0.2) is 0 Å². The van der Waals surface area contributed by atoms with Gasteiger partial charge in [0.2, 0.25) is 0 Å². The third kappa shape index (κ3) is 9.37. The Hall–Kier alpha value is -0.140. The van der Waals surface area contributed by atoms with Gasteiger partial charge in [0.1, 0.15) is 13.2 Å². The van der Waals surface area contributed by atoms with Gasteiger partial charge in [0.15, 0.2) is 12.6 Å². The predicted octanol–water partition coefficient (Wildman–Crippen LogP) is 3.54. The van der Waals surface area contributed by atoms with Gasteiger partial charge in [-0.2, -0.15) is 0 Å². The van der Waals surface area contributed by atoms with Crippen LogP contribution in [0.2, 0.25) is 0 Å². The van der Waals surface area contributed by atoms with Gasteiger partial charge in [-0.3, -0.25) is 0 Å². The van der Waals surface area contributed by atoms with Crippen molar-refractivity contribution < 1.29 is 32.6 Å². The zero-order valence-electron chi connectivity index (χ0n) is 14.4. The van der Waals surface area contributed by atoms with E-state index in [1.54, 1.807) is 0 Å². The molecule has 2 rings (SSSR count). The highest BCUT2D eigenvalue weighted by Gasteiger charge is 2.20. The molecule has 7 nitrogen and oxygen atoms in total. The van der Waals surface area contributed by atoms with Crippen molar-refractivity contribution in [2.24, 2.45) is 0 Å². The molecule has 0 spiro atoms. The third-order valence-corrected chi connectivity index (χ3v) is 4.64. The van der Waals surface area contributed by atoms with E-state index in [-0.39, 0.29) is 12.6 Å². The average Bonchev–Trinajstić information content (AvgIpc) is 2.63. The minimum atomic E-state index is -2.07. The summed E-state index contributed by atoms with van der Waals surface area (Å²) in [7, 11) is -2.07. The number of rotatable bonds is 12. The van der Waals surface area contributed by atoms with Gasteiger partial charge >= 0.3 is 8.25 Å². The van der Waals surface area contributed by atoms with Crippen LogP contribution in [0, 0.1) is 0 Å². The fourth-order valence-electron chi connectivity index (χ4n) is 2.55. The lowest BCUT2D eigenvalue weighted by molar-refractivity contribution is -0.163. The summed E-state index contributed by atoms with van der Waals surface area (Å²) < 4.78 is 43.9. The van der Waals surface area contributed by atoms with E-state index in [4.69, 9.17) is 28.0 Å². The molecule has 0 aromatic carbocycles. The molecule has 0 amide bonds. The zero-order chi connectivity index (χ0) is 16.9. The van der Waals surface area contributed by atoms with Crippen molar-refractivity contribution in [3.63, 3.8) is 0 Å². The van der Waals surface area contributed by atoms with E-state index >= 15 is 0 Å². The predicted molar refractivity (Wildman–Crippen MR) is 87.8 cm³/mol. The Morgan fingerprint density at radius 1 is 0.750 bits per heavy atom. The minimum absolute atomic E-state index is 0.0862. The van der Waals surface area contributed by atoms with Gasteiger partial charge in [-0.1, -0.05) is 0 Å². The normalized spacial score (nSPS) is 25.6. The molecule has 0 saturated carbocycles. The molecule has 2 fully saturated rings. The molecular formula is C16H30O7P+. The van der Waals surface area contributed by atoms with Crippen LogP contribution in [0.1, 0.15) is 51.4 Å². The van der Waals surface area contributed by atoms with Crippen molar-refractivity contribution in [2.75, 3.05) is 39.6 Å². The van der Waals surface area contributed by atoms with Crippen LogP contribution in [0.4, 0.5) is 0 Å². The van der Waals surface area contributed by atoms with Crippen molar-refractivity contribution in [1.82, 2.24) is 0 Å². The molecule has 2 aliphatic rings. The second-order valence-corrected chi connectivity index (χ2v) is 6.89. The Labute approximate surface area is 145 Å². The van der Waals surface area contributed by atoms with Crippen LogP contribution in [0.3, 0.4) is 0 Å². The summed E-state index contributed by atoms with van der Waals surface area (Å²) in [6.07, 6.45) is 7.60. The average molecular weight is 365 g/mol. The molecule has 2 unspecified atom stereocenters. The molecule has 0 bridgehead atoms. The van der Waals surface area contributed by atoms with E-state index < -0.39 is 8.25 Å². The van der Waals surface area contributed by atoms with E-state index in [1.165, 1.54) is 0 Å². The number of ether oxygens (including phenoxy) is 4. The maximum atomic E-state index is 11.5. The molecule has 0 N–H and O–H groups in total. The van der Waals surface area contributed by atoms with Gasteiger partial charge in [0, 0.05) is 17.8 Å². The first kappa shape index (κ1) is 20.2. The molecule has 0 aromatic heterocycles. The highest BCUT2D eigenvalue weighted by Crippen LogP contribution is 2.24. The lowest BCUT2D eigenvalue weighted by Crippen LogP contribution is -2.23. The largest absolute Gasteiger partial charge is 0.697 e. The van der Waals surface area contributed by atoms with Crippen LogP contribution < -0.4 is 0 Å². The Bertz CT molecular complexity index is 300. The Kier molecular flexibility index (Phi) is 11.0. The van der Waals surface area contributed by atoms with Gasteiger partial charge in [-0.05, 0) is 51.4 Å². The Morgan fingerprint density at radius 2 is 1.25 bits per heavy atom. The van der Waals surface area contributed by atoms with E-state index in [9.17, 15) is 4.57 Å². The summed E-state index contributed by atoms with van der Waals surface area (Å²) in [6, 6.07) is 0. The molecule has 2 aliphatic heterocycles. The second kappa shape index (κ2) is 13.1. The molecule has 0 aliphatic carbocycles. The van der Waals surface area contributed by atoms with Crippen LogP contribution in [0.25, 0.3) is 0 Å². The quantitative estimate of drug-likeness (QED) is 0.387. The molecule has 2 saturated heterocycles. The van der Waals surface area contributed by atoms with Crippen molar-refractivity contribution in [2.45, 2.75) is 63.9 Å². The Morgan fingerprint density at radius 3 is 1.67 bits per heavy atom. The fourth-order valence-corrected chi connectivity index (χ4v) is 3.18. The smallest absolute Gasteiger partial charge is 0.353 e. The standard InChI is InChI=1S/C16H30O7P/c17-24(22-13-5-11-20-15-7-1-3-9-18-15)23-14-6-12-21-16-8-2-4-10-19-16/h15-16H,1-14H2/q+1. The first-order chi connectivity index (χ1) is 11.8. The lowest BCUT2D eigenvalue weighted by Gasteiger charge is -2.22. The fraction of sp³-hybridized carbons (Fsp3) is 1.00. The number of hydrogen-bond donors (Lipinski definition) is 0. The molecule has 0 aromatic rings. The molecule has 2 atom stereocenters. The van der Waals surface area contributed by atoms with Crippen LogP contribution >= 0.6 is 8.25 Å². The maximum Gasteiger partial charge on any atom is 0.697 e. The van der Waals surface area contributed by atoms with E-state index in [2.05, 4.69) is 0 Å².